The highest BCUT2D eigenvalue weighted by Crippen LogP contribution is 2.30. The molecular weight excluding hydrogens is 470 g/mol. The molecule has 1 saturated carbocycles. The first-order valence-electron chi connectivity index (χ1n) is 12.4. The average Bonchev–Trinajstić information content (AvgIpc) is 3.29. The van der Waals surface area contributed by atoms with Crippen LogP contribution >= 0.6 is 0 Å². The molecule has 0 radical (unpaired) electrons. The molecule has 37 heavy (non-hydrogen) atoms. The number of aryl methyl sites for hydroxylation is 2. The molecule has 3 aromatic heterocycles. The van der Waals surface area contributed by atoms with Crippen molar-refractivity contribution in [1.29, 1.82) is 0 Å². The van der Waals surface area contributed by atoms with E-state index in [0.717, 1.165) is 40.9 Å². The van der Waals surface area contributed by atoms with Crippen molar-refractivity contribution in [2.75, 3.05) is 5.32 Å². The number of pyridine rings is 1. The van der Waals surface area contributed by atoms with Crippen LogP contribution in [0.5, 0.6) is 5.75 Å². The summed E-state index contributed by atoms with van der Waals surface area (Å²) >= 11 is 0. The number of nitrogens with one attached hydrogen (secondary N) is 1. The van der Waals surface area contributed by atoms with E-state index in [0.29, 0.717) is 42.5 Å². The van der Waals surface area contributed by atoms with Crippen molar-refractivity contribution >= 4 is 11.9 Å². The summed E-state index contributed by atoms with van der Waals surface area (Å²) in [5.74, 6) is 0.586. The number of hydrogen-bond acceptors (Lipinski definition) is 8. The Morgan fingerprint density at radius 2 is 1.95 bits per heavy atom. The van der Waals surface area contributed by atoms with Gasteiger partial charge in [0.2, 0.25) is 5.95 Å². The number of carboxylic acids is 1. The van der Waals surface area contributed by atoms with Crippen molar-refractivity contribution in [3.05, 3.63) is 71.7 Å². The van der Waals surface area contributed by atoms with Crippen LogP contribution in [0.25, 0.3) is 22.7 Å². The average molecular weight is 500 g/mol. The molecule has 4 aromatic rings. The number of anilines is 1. The Morgan fingerprint density at radius 1 is 1.11 bits per heavy atom. The van der Waals surface area contributed by atoms with Gasteiger partial charge < -0.3 is 19.7 Å². The van der Waals surface area contributed by atoms with E-state index in [1.54, 1.807) is 6.20 Å². The highest BCUT2D eigenvalue weighted by atomic mass is 16.5. The lowest BCUT2D eigenvalue weighted by atomic mass is 9.87. The van der Waals surface area contributed by atoms with Gasteiger partial charge in [0.15, 0.2) is 5.76 Å². The number of carbonyl (C=O) groups is 1. The zero-order valence-corrected chi connectivity index (χ0v) is 20.8. The van der Waals surface area contributed by atoms with Crippen LogP contribution in [-0.2, 0) is 11.3 Å². The van der Waals surface area contributed by atoms with E-state index in [-0.39, 0.29) is 12.0 Å². The first-order chi connectivity index (χ1) is 18.0. The highest BCUT2D eigenvalue weighted by Gasteiger charge is 2.28. The smallest absolute Gasteiger partial charge is 0.306 e. The van der Waals surface area contributed by atoms with Gasteiger partial charge in [-0.25, -0.2) is 15.0 Å². The summed E-state index contributed by atoms with van der Waals surface area (Å²) in [7, 11) is 0. The number of aromatic nitrogens is 4. The molecule has 2 atom stereocenters. The molecule has 0 saturated heterocycles. The van der Waals surface area contributed by atoms with Crippen molar-refractivity contribution in [3.8, 4) is 28.5 Å². The number of benzene rings is 1. The minimum absolute atomic E-state index is 0.120. The lowest BCUT2D eigenvalue weighted by molar-refractivity contribution is -0.143. The zero-order valence-electron chi connectivity index (χ0n) is 20.8. The van der Waals surface area contributed by atoms with E-state index in [1.807, 2.05) is 62.5 Å². The second-order valence-electron chi connectivity index (χ2n) is 9.34. The lowest BCUT2D eigenvalue weighted by Gasteiger charge is -2.27. The molecule has 1 aromatic carbocycles. The van der Waals surface area contributed by atoms with E-state index in [1.165, 1.54) is 0 Å². The van der Waals surface area contributed by atoms with Gasteiger partial charge in [-0.15, -0.1) is 0 Å². The minimum atomic E-state index is -0.754. The first kappa shape index (κ1) is 24.4. The number of aliphatic carboxylic acids is 1. The summed E-state index contributed by atoms with van der Waals surface area (Å²) in [6.07, 6.45) is 6.24. The Kier molecular flexibility index (Phi) is 7.11. The molecule has 1 aliphatic carbocycles. The molecule has 0 aliphatic heterocycles. The Labute approximate surface area is 214 Å². The second-order valence-corrected chi connectivity index (χ2v) is 9.34. The molecule has 5 rings (SSSR count). The normalized spacial score (nSPS) is 17.4. The van der Waals surface area contributed by atoms with Gasteiger partial charge >= 0.3 is 5.97 Å². The minimum Gasteiger partial charge on any atom is -0.489 e. The fraction of sp³-hybridized carbons (Fsp3) is 0.321. The van der Waals surface area contributed by atoms with Gasteiger partial charge in [-0.05, 0) is 57.2 Å². The molecule has 190 valence electrons. The standard InChI is InChI=1S/C28H29N5O4/c1-17-14-30-28(32-25(17)19-7-4-3-5-8-19)31-16-23-18(2)33-37-26(23)24-12-11-22(15-29-24)36-21-10-6-9-20(13-21)27(34)35/h3-5,7-8,11-12,14-15,20-21H,6,9-10,13,16H2,1-2H3,(H,34,35)(H,30,31,32)/t20-,21-/m0/s1. The van der Waals surface area contributed by atoms with Crippen LogP contribution in [0.15, 0.2) is 59.4 Å². The van der Waals surface area contributed by atoms with Gasteiger partial charge in [-0.1, -0.05) is 35.5 Å². The molecule has 0 spiro atoms. The summed E-state index contributed by atoms with van der Waals surface area (Å²) < 4.78 is 11.6. The maximum absolute atomic E-state index is 11.3. The maximum atomic E-state index is 11.3. The number of carboxylic acid groups (broad SMARTS) is 1. The molecule has 3 heterocycles. The third kappa shape index (κ3) is 5.61. The molecule has 9 nitrogen and oxygen atoms in total. The quantitative estimate of drug-likeness (QED) is 0.326. The number of hydrogen-bond donors (Lipinski definition) is 2. The molecule has 1 fully saturated rings. The third-order valence-electron chi connectivity index (χ3n) is 6.67. The van der Waals surface area contributed by atoms with Crippen molar-refractivity contribution < 1.29 is 19.2 Å². The Balaban J connectivity index is 1.28. The Hall–Kier alpha value is -4.27. The van der Waals surface area contributed by atoms with Gasteiger partial charge in [-0.2, -0.15) is 0 Å². The van der Waals surface area contributed by atoms with Gasteiger partial charge in [0.05, 0.1) is 29.6 Å². The van der Waals surface area contributed by atoms with Gasteiger partial charge in [0, 0.05) is 23.9 Å². The highest BCUT2D eigenvalue weighted by molar-refractivity contribution is 5.70. The van der Waals surface area contributed by atoms with E-state index < -0.39 is 5.97 Å². The van der Waals surface area contributed by atoms with E-state index in [9.17, 15) is 9.90 Å². The fourth-order valence-electron chi connectivity index (χ4n) is 4.63. The van der Waals surface area contributed by atoms with Crippen LogP contribution in [0.2, 0.25) is 0 Å². The van der Waals surface area contributed by atoms with Crippen LogP contribution in [0.1, 0.15) is 42.5 Å². The molecule has 9 heteroatoms. The number of ether oxygens (including phenoxy) is 1. The number of rotatable bonds is 8. The maximum Gasteiger partial charge on any atom is 0.306 e. The van der Waals surface area contributed by atoms with E-state index in [4.69, 9.17) is 14.2 Å². The molecule has 2 N–H and O–H groups in total. The molecular formula is C28H29N5O4. The molecule has 0 unspecified atom stereocenters. The Morgan fingerprint density at radius 3 is 2.70 bits per heavy atom. The second kappa shape index (κ2) is 10.8. The summed E-state index contributed by atoms with van der Waals surface area (Å²) in [6.45, 7) is 4.29. The molecule has 0 amide bonds. The third-order valence-corrected chi connectivity index (χ3v) is 6.67. The first-order valence-corrected chi connectivity index (χ1v) is 12.4. The molecule has 0 bridgehead atoms. The SMILES string of the molecule is Cc1cnc(NCc2c(C)noc2-c2ccc(O[C@H]3CCC[C@H](C(=O)O)C3)cn2)nc1-c1ccccc1. The van der Waals surface area contributed by atoms with Crippen molar-refractivity contribution in [2.24, 2.45) is 5.92 Å². The van der Waals surface area contributed by atoms with E-state index in [2.05, 4.69) is 20.4 Å². The van der Waals surface area contributed by atoms with Gasteiger partial charge in [0.25, 0.3) is 0 Å². The summed E-state index contributed by atoms with van der Waals surface area (Å²) in [4.78, 5) is 25.0. The fourth-order valence-corrected chi connectivity index (χ4v) is 4.63. The predicted molar refractivity (Wildman–Crippen MR) is 138 cm³/mol. The van der Waals surface area contributed by atoms with Crippen LogP contribution < -0.4 is 10.1 Å². The molecule has 1 aliphatic rings. The van der Waals surface area contributed by atoms with E-state index >= 15 is 0 Å². The van der Waals surface area contributed by atoms with Crippen molar-refractivity contribution in [2.45, 2.75) is 52.2 Å². The zero-order chi connectivity index (χ0) is 25.8. The number of nitrogens with zero attached hydrogens (tertiary/aromatic N) is 4. The van der Waals surface area contributed by atoms with Gasteiger partial charge in [0.1, 0.15) is 11.4 Å². The van der Waals surface area contributed by atoms with Crippen LogP contribution in [0, 0.1) is 19.8 Å². The summed E-state index contributed by atoms with van der Waals surface area (Å²) in [6, 6.07) is 13.7. The lowest BCUT2D eigenvalue weighted by Crippen LogP contribution is -2.29. The van der Waals surface area contributed by atoms with Crippen LogP contribution in [-0.4, -0.2) is 37.3 Å². The monoisotopic (exact) mass is 499 g/mol. The van der Waals surface area contributed by atoms with Crippen molar-refractivity contribution in [1.82, 2.24) is 20.1 Å². The van der Waals surface area contributed by atoms with Crippen molar-refractivity contribution in [3.63, 3.8) is 0 Å². The van der Waals surface area contributed by atoms with Crippen LogP contribution in [0.4, 0.5) is 5.95 Å². The summed E-state index contributed by atoms with van der Waals surface area (Å²) in [5, 5.41) is 16.7. The predicted octanol–water partition coefficient (Wildman–Crippen LogP) is 5.44. The van der Waals surface area contributed by atoms with Crippen LogP contribution in [0.3, 0.4) is 0 Å². The summed E-state index contributed by atoms with van der Waals surface area (Å²) in [5.41, 5.74) is 5.16. The topological polar surface area (TPSA) is 123 Å². The Bertz CT molecular complexity index is 1370. The largest absolute Gasteiger partial charge is 0.489 e. The van der Waals surface area contributed by atoms with Gasteiger partial charge in [-0.3, -0.25) is 4.79 Å².